The van der Waals surface area contributed by atoms with E-state index in [0.29, 0.717) is 0 Å². The first-order valence-corrected chi connectivity index (χ1v) is 6.26. The molecule has 2 rings (SSSR count). The van der Waals surface area contributed by atoms with Crippen molar-refractivity contribution in [1.82, 2.24) is 15.2 Å². The summed E-state index contributed by atoms with van der Waals surface area (Å²) >= 11 is 5.87. The summed E-state index contributed by atoms with van der Waals surface area (Å²) in [5.41, 5.74) is 5.20. The van der Waals surface area contributed by atoms with Crippen LogP contribution in [0.15, 0.2) is 36.7 Å². The Morgan fingerprint density at radius 1 is 1.39 bits per heavy atom. The van der Waals surface area contributed by atoms with Crippen molar-refractivity contribution in [3.8, 4) is 0 Å². The van der Waals surface area contributed by atoms with Crippen LogP contribution < -0.4 is 11.3 Å². The fourth-order valence-corrected chi connectivity index (χ4v) is 2.08. The molecule has 0 aliphatic rings. The molecule has 0 radical (unpaired) electrons. The fourth-order valence-electron chi connectivity index (χ4n) is 1.95. The third kappa shape index (κ3) is 3.32. The number of nitrogens with zero attached hydrogens (tertiary/aromatic N) is 2. The number of benzene rings is 1. The number of halogens is 1. The molecule has 1 unspecified atom stereocenters. The van der Waals surface area contributed by atoms with Crippen LogP contribution in [0.25, 0.3) is 0 Å². The minimum absolute atomic E-state index is 0.127. The largest absolute Gasteiger partial charge is 0.276 e. The number of hydrogen-bond acceptors (Lipinski definition) is 3. The fraction of sp³-hybridized carbons (Fsp3) is 0.308. The molecule has 1 aromatic heterocycles. The molecule has 0 saturated carbocycles. The van der Waals surface area contributed by atoms with Crippen LogP contribution in [0.2, 0.25) is 5.02 Å². The predicted molar refractivity (Wildman–Crippen MR) is 73.0 cm³/mol. The van der Waals surface area contributed by atoms with Crippen molar-refractivity contribution in [1.29, 1.82) is 0 Å². The van der Waals surface area contributed by atoms with Crippen molar-refractivity contribution in [2.75, 3.05) is 0 Å². The molecule has 96 valence electrons. The number of hydrogen-bond donors (Lipinski definition) is 2. The highest BCUT2D eigenvalue weighted by atomic mass is 35.5. The minimum atomic E-state index is 0.127. The molecule has 0 amide bonds. The molecule has 0 bridgehead atoms. The lowest BCUT2D eigenvalue weighted by Gasteiger charge is -2.15. The van der Waals surface area contributed by atoms with Crippen LogP contribution in [0.5, 0.6) is 0 Å². The van der Waals surface area contributed by atoms with Crippen molar-refractivity contribution in [3.63, 3.8) is 0 Å². The molecule has 0 fully saturated rings. The van der Waals surface area contributed by atoms with Gasteiger partial charge in [0, 0.05) is 24.3 Å². The van der Waals surface area contributed by atoms with E-state index < -0.39 is 0 Å². The number of hydrazine groups is 1. The third-order valence-electron chi connectivity index (χ3n) is 2.95. The van der Waals surface area contributed by atoms with Crippen LogP contribution in [0, 0.1) is 0 Å². The molecular weight excluding hydrogens is 248 g/mol. The Morgan fingerprint density at radius 2 is 2.11 bits per heavy atom. The number of rotatable bonds is 5. The molecule has 3 N–H and O–H groups in total. The summed E-state index contributed by atoms with van der Waals surface area (Å²) < 4.78 is 1.81. The van der Waals surface area contributed by atoms with Gasteiger partial charge in [0.1, 0.15) is 0 Å². The maximum atomic E-state index is 5.87. The number of aryl methyl sites for hydroxylation is 2. The molecule has 1 heterocycles. The van der Waals surface area contributed by atoms with E-state index in [4.69, 9.17) is 17.4 Å². The van der Waals surface area contributed by atoms with E-state index in [1.807, 2.05) is 48.4 Å². The van der Waals surface area contributed by atoms with Gasteiger partial charge in [-0.3, -0.25) is 16.0 Å². The molecule has 18 heavy (non-hydrogen) atoms. The first-order valence-electron chi connectivity index (χ1n) is 5.88. The van der Waals surface area contributed by atoms with Gasteiger partial charge in [-0.2, -0.15) is 5.10 Å². The van der Waals surface area contributed by atoms with Crippen molar-refractivity contribution in [2.45, 2.75) is 18.9 Å². The summed E-state index contributed by atoms with van der Waals surface area (Å²) in [6.07, 6.45) is 5.76. The van der Waals surface area contributed by atoms with E-state index in [0.717, 1.165) is 23.4 Å². The van der Waals surface area contributed by atoms with E-state index in [9.17, 15) is 0 Å². The summed E-state index contributed by atoms with van der Waals surface area (Å²) in [6.45, 7) is 0. The quantitative estimate of drug-likeness (QED) is 0.643. The third-order valence-corrected chi connectivity index (χ3v) is 3.21. The highest BCUT2D eigenvalue weighted by Gasteiger charge is 2.10. The molecule has 0 aliphatic carbocycles. The van der Waals surface area contributed by atoms with Gasteiger partial charge in [0.05, 0.1) is 6.20 Å². The van der Waals surface area contributed by atoms with E-state index in [1.165, 1.54) is 5.56 Å². The van der Waals surface area contributed by atoms with Gasteiger partial charge in [-0.1, -0.05) is 23.7 Å². The Labute approximate surface area is 112 Å². The number of nitrogens with one attached hydrogen (secondary N) is 1. The van der Waals surface area contributed by atoms with Gasteiger partial charge in [-0.05, 0) is 36.1 Å². The van der Waals surface area contributed by atoms with Crippen molar-refractivity contribution < 1.29 is 0 Å². The van der Waals surface area contributed by atoms with Crippen LogP contribution in [0.3, 0.4) is 0 Å². The topological polar surface area (TPSA) is 55.9 Å². The lowest BCUT2D eigenvalue weighted by Crippen LogP contribution is -2.28. The Bertz CT molecular complexity index is 492. The summed E-state index contributed by atoms with van der Waals surface area (Å²) in [4.78, 5) is 0. The van der Waals surface area contributed by atoms with Gasteiger partial charge < -0.3 is 0 Å². The number of nitrogens with two attached hydrogens (primary N) is 1. The van der Waals surface area contributed by atoms with Gasteiger partial charge in [0.15, 0.2) is 0 Å². The molecular formula is C13H17ClN4. The van der Waals surface area contributed by atoms with E-state index in [1.54, 1.807) is 0 Å². The zero-order valence-electron chi connectivity index (χ0n) is 10.3. The van der Waals surface area contributed by atoms with Crippen LogP contribution in [0.1, 0.15) is 23.6 Å². The number of aromatic nitrogens is 2. The van der Waals surface area contributed by atoms with Gasteiger partial charge in [-0.25, -0.2) is 0 Å². The van der Waals surface area contributed by atoms with Crippen LogP contribution in [0.4, 0.5) is 0 Å². The molecule has 1 atom stereocenters. The minimum Gasteiger partial charge on any atom is -0.276 e. The Kier molecular flexibility index (Phi) is 4.36. The van der Waals surface area contributed by atoms with E-state index >= 15 is 0 Å². The molecule has 1 aromatic carbocycles. The Balaban J connectivity index is 1.99. The summed E-state index contributed by atoms with van der Waals surface area (Å²) in [6, 6.07) is 7.88. The maximum absolute atomic E-state index is 5.87. The first-order chi connectivity index (χ1) is 8.69. The van der Waals surface area contributed by atoms with Crippen LogP contribution in [-0.4, -0.2) is 9.78 Å². The predicted octanol–water partition coefficient (Wildman–Crippen LogP) is 2.21. The van der Waals surface area contributed by atoms with E-state index in [-0.39, 0.29) is 6.04 Å². The van der Waals surface area contributed by atoms with Crippen molar-refractivity contribution in [2.24, 2.45) is 12.9 Å². The van der Waals surface area contributed by atoms with Gasteiger partial charge in [0.2, 0.25) is 0 Å². The second-order valence-corrected chi connectivity index (χ2v) is 4.77. The lowest BCUT2D eigenvalue weighted by molar-refractivity contribution is 0.516. The summed E-state index contributed by atoms with van der Waals surface area (Å²) in [5, 5.41) is 4.89. The van der Waals surface area contributed by atoms with Gasteiger partial charge in [-0.15, -0.1) is 0 Å². The highest BCUT2D eigenvalue weighted by Crippen LogP contribution is 2.20. The van der Waals surface area contributed by atoms with Gasteiger partial charge >= 0.3 is 0 Å². The summed E-state index contributed by atoms with van der Waals surface area (Å²) in [5.74, 6) is 5.61. The molecule has 5 heteroatoms. The molecule has 4 nitrogen and oxygen atoms in total. The molecule has 0 saturated heterocycles. The zero-order chi connectivity index (χ0) is 13.0. The monoisotopic (exact) mass is 264 g/mol. The van der Waals surface area contributed by atoms with Gasteiger partial charge in [0.25, 0.3) is 0 Å². The van der Waals surface area contributed by atoms with Crippen molar-refractivity contribution >= 4 is 11.6 Å². The van der Waals surface area contributed by atoms with Crippen LogP contribution in [-0.2, 0) is 13.5 Å². The average molecular weight is 265 g/mol. The Hall–Kier alpha value is -1.36. The molecule has 2 aromatic rings. The normalized spacial score (nSPS) is 12.6. The summed E-state index contributed by atoms with van der Waals surface area (Å²) in [7, 11) is 1.92. The lowest BCUT2D eigenvalue weighted by atomic mass is 10.0. The first kappa shape index (κ1) is 13.1. The standard InChI is InChI=1S/C13H17ClN4/c1-18-9-10(8-16-18)2-7-13(17-15)11-3-5-12(14)6-4-11/h3-6,8-9,13,17H,2,7,15H2,1H3. The average Bonchev–Trinajstić information content (AvgIpc) is 2.78. The molecule has 0 aliphatic heterocycles. The van der Waals surface area contributed by atoms with Crippen molar-refractivity contribution in [3.05, 3.63) is 52.8 Å². The maximum Gasteiger partial charge on any atom is 0.0521 e. The SMILES string of the molecule is Cn1cc(CCC(NN)c2ccc(Cl)cc2)cn1. The molecule has 0 spiro atoms. The van der Waals surface area contributed by atoms with Crippen LogP contribution >= 0.6 is 11.6 Å². The second-order valence-electron chi connectivity index (χ2n) is 4.33. The zero-order valence-corrected chi connectivity index (χ0v) is 11.1. The second kappa shape index (κ2) is 6.00. The Morgan fingerprint density at radius 3 is 2.67 bits per heavy atom. The van der Waals surface area contributed by atoms with E-state index in [2.05, 4.69) is 10.5 Å². The smallest absolute Gasteiger partial charge is 0.0521 e. The highest BCUT2D eigenvalue weighted by molar-refractivity contribution is 6.30.